The topological polar surface area (TPSA) is 71.6 Å². The van der Waals surface area contributed by atoms with Crippen LogP contribution in [0.5, 0.6) is 0 Å². The molecule has 2 heterocycles. The summed E-state index contributed by atoms with van der Waals surface area (Å²) in [6.07, 6.45) is 1.56. The number of fused-ring (bicyclic) bond motifs is 1. The van der Waals surface area contributed by atoms with E-state index >= 15 is 0 Å². The van der Waals surface area contributed by atoms with Gasteiger partial charge in [-0.05, 0) is 12.1 Å². The Morgan fingerprint density at radius 1 is 1.64 bits per heavy atom. The molecular weight excluding hydrogens is 180 g/mol. The maximum atomic E-state index is 11.1. The highest BCUT2D eigenvalue weighted by molar-refractivity contribution is 5.90. The molecule has 0 bridgehead atoms. The first-order chi connectivity index (χ1) is 6.74. The van der Waals surface area contributed by atoms with Gasteiger partial charge in [0.25, 0.3) is 0 Å². The third-order valence-electron chi connectivity index (χ3n) is 1.85. The number of aromatic nitrogens is 3. The van der Waals surface area contributed by atoms with Crippen molar-refractivity contribution in [1.29, 1.82) is 5.26 Å². The quantitative estimate of drug-likeness (QED) is 0.614. The summed E-state index contributed by atoms with van der Waals surface area (Å²) in [5.74, 6) is -0.254. The monoisotopic (exact) mass is 186 g/mol. The Bertz CT molecular complexity index is 549. The van der Waals surface area contributed by atoms with Gasteiger partial charge in [0.1, 0.15) is 6.07 Å². The average Bonchev–Trinajstić information content (AvgIpc) is 2.56. The van der Waals surface area contributed by atoms with Crippen LogP contribution in [0, 0.1) is 11.3 Å². The smallest absolute Gasteiger partial charge is 0.245 e. The Morgan fingerprint density at radius 2 is 2.43 bits per heavy atom. The minimum absolute atomic E-state index is 0.225. The Labute approximate surface area is 79.6 Å². The summed E-state index contributed by atoms with van der Waals surface area (Å²) in [7, 11) is 0. The molecule has 0 aliphatic rings. The number of hydrogen-bond acceptors (Lipinski definition) is 4. The van der Waals surface area contributed by atoms with Gasteiger partial charge in [-0.15, -0.1) is 0 Å². The van der Waals surface area contributed by atoms with Crippen LogP contribution in [0.15, 0.2) is 18.3 Å². The molecule has 0 spiro atoms. The Morgan fingerprint density at radius 3 is 3.07 bits per heavy atom. The molecule has 0 unspecified atom stereocenters. The van der Waals surface area contributed by atoms with E-state index in [0.29, 0.717) is 11.0 Å². The number of pyridine rings is 1. The largest absolute Gasteiger partial charge is 0.273 e. The molecule has 5 nitrogen and oxygen atoms in total. The highest BCUT2D eigenvalue weighted by Gasteiger charge is 2.12. The lowest BCUT2D eigenvalue weighted by molar-refractivity contribution is 0.0926. The van der Waals surface area contributed by atoms with Gasteiger partial charge in [0.05, 0.1) is 5.39 Å². The highest BCUT2D eigenvalue weighted by Crippen LogP contribution is 2.14. The van der Waals surface area contributed by atoms with Crippen molar-refractivity contribution in [2.45, 2.75) is 6.92 Å². The molecule has 0 aliphatic carbocycles. The summed E-state index contributed by atoms with van der Waals surface area (Å²) in [4.78, 5) is 15.1. The van der Waals surface area contributed by atoms with Gasteiger partial charge in [0.15, 0.2) is 11.3 Å². The van der Waals surface area contributed by atoms with Crippen LogP contribution in [0.1, 0.15) is 17.4 Å². The number of hydrogen-bond donors (Lipinski definition) is 0. The van der Waals surface area contributed by atoms with Gasteiger partial charge in [-0.2, -0.15) is 15.0 Å². The standard InChI is InChI=1S/C9H6N4O/c1-6(14)13-9-7(3-2-4-11-9)8(5-10)12-13/h2-4H,1H3. The van der Waals surface area contributed by atoms with Crippen LogP contribution >= 0.6 is 0 Å². The normalized spacial score (nSPS) is 10.0. The van der Waals surface area contributed by atoms with Gasteiger partial charge in [-0.1, -0.05) is 0 Å². The Hall–Kier alpha value is -2.22. The third kappa shape index (κ3) is 1.05. The maximum absolute atomic E-state index is 11.1. The van der Waals surface area contributed by atoms with Crippen LogP contribution in [0.2, 0.25) is 0 Å². The number of carbonyl (C=O) groups is 1. The first-order valence-electron chi connectivity index (χ1n) is 3.99. The average molecular weight is 186 g/mol. The zero-order valence-corrected chi connectivity index (χ0v) is 7.43. The molecule has 0 atom stereocenters. The van der Waals surface area contributed by atoms with Crippen LogP contribution in [-0.4, -0.2) is 20.7 Å². The molecule has 68 valence electrons. The second kappa shape index (κ2) is 2.92. The number of nitrogens with zero attached hydrogens (tertiary/aromatic N) is 4. The van der Waals surface area contributed by atoms with Crippen molar-refractivity contribution < 1.29 is 4.79 Å². The van der Waals surface area contributed by atoms with E-state index in [9.17, 15) is 4.79 Å². The number of rotatable bonds is 0. The van der Waals surface area contributed by atoms with Crippen molar-refractivity contribution in [3.63, 3.8) is 0 Å². The minimum atomic E-state index is -0.254. The van der Waals surface area contributed by atoms with Crippen molar-refractivity contribution in [3.8, 4) is 6.07 Å². The highest BCUT2D eigenvalue weighted by atomic mass is 16.2. The van der Waals surface area contributed by atoms with E-state index in [4.69, 9.17) is 5.26 Å². The molecule has 2 aromatic rings. The van der Waals surface area contributed by atoms with E-state index in [1.807, 2.05) is 6.07 Å². The second-order valence-electron chi connectivity index (χ2n) is 2.77. The predicted octanol–water partition coefficient (Wildman–Crippen LogP) is 0.963. The fourth-order valence-electron chi connectivity index (χ4n) is 1.25. The van der Waals surface area contributed by atoms with Gasteiger partial charge in [-0.3, -0.25) is 4.79 Å². The second-order valence-corrected chi connectivity index (χ2v) is 2.77. The molecule has 0 aromatic carbocycles. The number of carbonyl (C=O) groups excluding carboxylic acids is 1. The predicted molar refractivity (Wildman–Crippen MR) is 48.5 cm³/mol. The zero-order chi connectivity index (χ0) is 10.1. The Kier molecular flexibility index (Phi) is 1.75. The fraction of sp³-hybridized carbons (Fsp3) is 0.111. The summed E-state index contributed by atoms with van der Waals surface area (Å²) in [5.41, 5.74) is 0.653. The van der Waals surface area contributed by atoms with Crippen LogP contribution < -0.4 is 0 Å². The SMILES string of the molecule is CC(=O)n1nc(C#N)c2cccnc21. The molecular formula is C9H6N4O. The van der Waals surface area contributed by atoms with E-state index in [0.717, 1.165) is 4.68 Å². The lowest BCUT2D eigenvalue weighted by Crippen LogP contribution is -2.07. The lowest BCUT2D eigenvalue weighted by atomic mass is 10.3. The fourth-order valence-corrected chi connectivity index (χ4v) is 1.25. The molecule has 0 aliphatic heterocycles. The summed E-state index contributed by atoms with van der Waals surface area (Å²) >= 11 is 0. The van der Waals surface area contributed by atoms with E-state index in [2.05, 4.69) is 10.1 Å². The summed E-state index contributed by atoms with van der Waals surface area (Å²) in [6, 6.07) is 5.34. The molecule has 0 N–H and O–H groups in total. The van der Waals surface area contributed by atoms with Crippen molar-refractivity contribution in [1.82, 2.24) is 14.8 Å². The molecule has 0 amide bonds. The van der Waals surface area contributed by atoms with Crippen molar-refractivity contribution >= 4 is 16.9 Å². The molecule has 2 aromatic heterocycles. The molecule has 5 heteroatoms. The minimum Gasteiger partial charge on any atom is -0.273 e. The van der Waals surface area contributed by atoms with Crippen LogP contribution in [-0.2, 0) is 0 Å². The van der Waals surface area contributed by atoms with Gasteiger partial charge >= 0.3 is 0 Å². The van der Waals surface area contributed by atoms with Crippen molar-refractivity contribution in [3.05, 3.63) is 24.0 Å². The van der Waals surface area contributed by atoms with E-state index in [-0.39, 0.29) is 11.6 Å². The van der Waals surface area contributed by atoms with Gasteiger partial charge in [-0.25, -0.2) is 4.98 Å². The first-order valence-corrected chi connectivity index (χ1v) is 3.99. The van der Waals surface area contributed by atoms with Gasteiger partial charge in [0.2, 0.25) is 5.91 Å². The Balaban J connectivity index is 2.88. The van der Waals surface area contributed by atoms with Gasteiger partial charge in [0, 0.05) is 13.1 Å². The first kappa shape index (κ1) is 8.38. The van der Waals surface area contributed by atoms with E-state index in [1.54, 1.807) is 18.3 Å². The van der Waals surface area contributed by atoms with E-state index < -0.39 is 0 Å². The number of nitriles is 1. The molecule has 0 saturated heterocycles. The molecule has 0 radical (unpaired) electrons. The molecule has 14 heavy (non-hydrogen) atoms. The summed E-state index contributed by atoms with van der Waals surface area (Å²) in [5, 5.41) is 13.2. The van der Waals surface area contributed by atoms with Crippen LogP contribution in [0.25, 0.3) is 11.0 Å². The third-order valence-corrected chi connectivity index (χ3v) is 1.85. The molecule has 2 rings (SSSR count). The maximum Gasteiger partial charge on any atom is 0.245 e. The van der Waals surface area contributed by atoms with Crippen molar-refractivity contribution in [2.75, 3.05) is 0 Å². The molecule has 0 fully saturated rings. The van der Waals surface area contributed by atoms with E-state index in [1.165, 1.54) is 6.92 Å². The lowest BCUT2D eigenvalue weighted by Gasteiger charge is -1.93. The zero-order valence-electron chi connectivity index (χ0n) is 7.43. The molecule has 0 saturated carbocycles. The summed E-state index contributed by atoms with van der Waals surface area (Å²) in [6.45, 7) is 1.38. The van der Waals surface area contributed by atoms with Crippen LogP contribution in [0.3, 0.4) is 0 Å². The van der Waals surface area contributed by atoms with Gasteiger partial charge < -0.3 is 0 Å². The van der Waals surface area contributed by atoms with Crippen LogP contribution in [0.4, 0.5) is 0 Å². The summed E-state index contributed by atoms with van der Waals surface area (Å²) < 4.78 is 1.13. The van der Waals surface area contributed by atoms with Crippen molar-refractivity contribution in [2.24, 2.45) is 0 Å².